The number of fused-ring (bicyclic) bond motifs is 3. The van der Waals surface area contributed by atoms with Crippen LogP contribution in [0.5, 0.6) is 0 Å². The fraction of sp³-hybridized carbons (Fsp3) is 0.562. The molecule has 10 unspecified atom stereocenters. The maximum Gasteiger partial charge on any atom is 0.127 e. The van der Waals surface area contributed by atoms with Crippen LogP contribution < -0.4 is 0 Å². The average molecular weight is 897 g/mol. The largest absolute Gasteiger partial charge is 0.489 e. The molecule has 9 aliphatic carbocycles. The maximum absolute atomic E-state index is 7.17. The molecule has 0 bridgehead atoms. The SMILES string of the molecule is CC1=C(C2CC=C(N(C3=CC=C(C(C)(C)C)CC3)C3C=CC4=CC5C6=C(CC(N(C7=CCC(C(C)(C)C)CC7)C7=CC=C(C8C=CC=CC8C)C(C)C7)C=C6)OC5C=C4C3)CC2C)CCCC1. The zero-order valence-corrected chi connectivity index (χ0v) is 43.2. The van der Waals surface area contributed by atoms with E-state index in [1.54, 1.807) is 28.0 Å². The molecule has 0 spiro atoms. The summed E-state index contributed by atoms with van der Waals surface area (Å²) in [5.41, 5.74) is 17.5. The molecule has 0 radical (unpaired) electrons. The summed E-state index contributed by atoms with van der Waals surface area (Å²) in [6.45, 7) is 24.2. The Morgan fingerprint density at radius 3 is 2.09 bits per heavy atom. The van der Waals surface area contributed by atoms with Crippen molar-refractivity contribution >= 4 is 0 Å². The first-order chi connectivity index (χ1) is 32.1. The molecule has 3 heteroatoms. The van der Waals surface area contributed by atoms with Gasteiger partial charge in [-0.2, -0.15) is 0 Å². The topological polar surface area (TPSA) is 15.7 Å². The summed E-state index contributed by atoms with van der Waals surface area (Å²) < 4.78 is 7.17. The van der Waals surface area contributed by atoms with Crippen LogP contribution in [0.4, 0.5) is 0 Å². The van der Waals surface area contributed by atoms with Gasteiger partial charge in [0, 0.05) is 46.6 Å². The molecule has 10 atom stereocenters. The van der Waals surface area contributed by atoms with E-state index in [9.17, 15) is 0 Å². The quantitative estimate of drug-likeness (QED) is 0.226. The Kier molecular flexibility index (Phi) is 12.9. The van der Waals surface area contributed by atoms with Crippen LogP contribution in [0.25, 0.3) is 0 Å². The molecule has 10 rings (SSSR count). The van der Waals surface area contributed by atoms with Crippen molar-refractivity contribution in [3.05, 3.63) is 165 Å². The maximum atomic E-state index is 7.17. The highest BCUT2D eigenvalue weighted by molar-refractivity contribution is 5.54. The normalized spacial score (nSPS) is 34.1. The monoisotopic (exact) mass is 897 g/mol. The summed E-state index contributed by atoms with van der Waals surface area (Å²) in [7, 11) is 0. The molecule has 0 amide bonds. The smallest absolute Gasteiger partial charge is 0.127 e. The first-order valence-electron chi connectivity index (χ1n) is 27.1. The van der Waals surface area contributed by atoms with Gasteiger partial charge in [-0.25, -0.2) is 0 Å². The van der Waals surface area contributed by atoms with E-state index < -0.39 is 0 Å². The molecule has 1 heterocycles. The molecule has 1 aliphatic heterocycles. The lowest BCUT2D eigenvalue weighted by atomic mass is 9.72. The summed E-state index contributed by atoms with van der Waals surface area (Å²) in [4.78, 5) is 5.57. The van der Waals surface area contributed by atoms with Crippen molar-refractivity contribution in [3.8, 4) is 0 Å². The van der Waals surface area contributed by atoms with Gasteiger partial charge in [0.2, 0.25) is 0 Å². The van der Waals surface area contributed by atoms with Gasteiger partial charge in [-0.1, -0.05) is 164 Å². The third-order valence-electron chi connectivity index (χ3n) is 18.2. The van der Waals surface area contributed by atoms with Crippen molar-refractivity contribution in [1.29, 1.82) is 0 Å². The lowest BCUT2D eigenvalue weighted by Crippen LogP contribution is -2.38. The van der Waals surface area contributed by atoms with Crippen molar-refractivity contribution in [3.63, 3.8) is 0 Å². The van der Waals surface area contributed by atoms with E-state index in [0.717, 1.165) is 57.3 Å². The predicted octanol–water partition coefficient (Wildman–Crippen LogP) is 16.8. The Balaban J connectivity index is 0.899. The molecular formula is C64H84N2O. The van der Waals surface area contributed by atoms with Gasteiger partial charge in [-0.05, 0) is 160 Å². The summed E-state index contributed by atoms with van der Waals surface area (Å²) in [5.74, 6) is 5.10. The number of rotatable bonds is 8. The van der Waals surface area contributed by atoms with E-state index in [1.165, 1.54) is 78.1 Å². The standard InChI is InChI=1S/C64H84N2O/c1-41-15-11-13-17-55(41)57-32-29-51(35-43(57)3)65(49-25-20-47(21-26-49)63(5,6)7)53-24-19-45-38-60-59-34-31-54(40-62(59)67-61(60)39-46(45)37-53)66(50-27-22-48(23-28-50)64(8,9)10)52-30-33-58(44(4)36-52)56-18-14-12-16-42(56)2/h12,14,16,18-20,24-25,27,29-31,33-34,38-39,42-44,48,53-54,56-57,60-61H,11,13,15,17,21-23,26,28,32,35-37,40H2,1-10H3. The number of hydrogen-bond donors (Lipinski definition) is 0. The average Bonchev–Trinajstić information content (AvgIpc) is 3.65. The number of allylic oxidation sites excluding steroid dienone is 21. The molecule has 0 saturated heterocycles. The van der Waals surface area contributed by atoms with E-state index in [1.807, 2.05) is 0 Å². The van der Waals surface area contributed by atoms with Gasteiger partial charge in [0.25, 0.3) is 0 Å². The van der Waals surface area contributed by atoms with Crippen LogP contribution in [0.1, 0.15) is 159 Å². The molecule has 0 aromatic heterocycles. The Morgan fingerprint density at radius 2 is 1.39 bits per heavy atom. The summed E-state index contributed by atoms with van der Waals surface area (Å²) in [6.07, 6.45) is 56.2. The van der Waals surface area contributed by atoms with Crippen LogP contribution in [0.3, 0.4) is 0 Å². The zero-order valence-electron chi connectivity index (χ0n) is 43.2. The van der Waals surface area contributed by atoms with E-state index in [2.05, 4.69) is 176 Å². The molecule has 0 saturated carbocycles. The summed E-state index contributed by atoms with van der Waals surface area (Å²) in [5, 5.41) is 0. The van der Waals surface area contributed by atoms with E-state index in [0.29, 0.717) is 41.0 Å². The van der Waals surface area contributed by atoms with Crippen LogP contribution in [-0.2, 0) is 4.74 Å². The van der Waals surface area contributed by atoms with E-state index in [-0.39, 0.29) is 23.5 Å². The van der Waals surface area contributed by atoms with Gasteiger partial charge < -0.3 is 14.5 Å². The fourth-order valence-electron chi connectivity index (χ4n) is 14.1. The van der Waals surface area contributed by atoms with Crippen LogP contribution >= 0.6 is 0 Å². The van der Waals surface area contributed by atoms with Gasteiger partial charge in [0.1, 0.15) is 11.9 Å². The Bertz CT molecular complexity index is 2420. The highest BCUT2D eigenvalue weighted by Crippen LogP contribution is 2.50. The Morgan fingerprint density at radius 1 is 0.642 bits per heavy atom. The van der Waals surface area contributed by atoms with Crippen molar-refractivity contribution in [2.45, 2.75) is 177 Å². The second-order valence-corrected chi connectivity index (χ2v) is 24.8. The minimum Gasteiger partial charge on any atom is -0.489 e. The van der Waals surface area contributed by atoms with E-state index >= 15 is 0 Å². The highest BCUT2D eigenvalue weighted by atomic mass is 16.5. The molecule has 0 aromatic rings. The molecule has 0 N–H and O–H groups in total. The highest BCUT2D eigenvalue weighted by Gasteiger charge is 2.42. The summed E-state index contributed by atoms with van der Waals surface area (Å²) >= 11 is 0. The minimum atomic E-state index is 0.0643. The predicted molar refractivity (Wildman–Crippen MR) is 282 cm³/mol. The molecule has 0 fully saturated rings. The van der Waals surface area contributed by atoms with E-state index in [4.69, 9.17) is 4.74 Å². The van der Waals surface area contributed by atoms with Gasteiger partial charge in [-0.3, -0.25) is 0 Å². The van der Waals surface area contributed by atoms with Crippen LogP contribution in [0, 0.1) is 52.3 Å². The lowest BCUT2D eigenvalue weighted by molar-refractivity contribution is 0.145. The zero-order chi connectivity index (χ0) is 46.8. The first-order valence-corrected chi connectivity index (χ1v) is 27.1. The number of ether oxygens (including phenoxy) is 1. The van der Waals surface area contributed by atoms with Gasteiger partial charge >= 0.3 is 0 Å². The minimum absolute atomic E-state index is 0.0643. The molecular weight excluding hydrogens is 813 g/mol. The number of nitrogens with zero attached hydrogens (tertiary/aromatic N) is 2. The van der Waals surface area contributed by atoms with Gasteiger partial charge in [-0.15, -0.1) is 0 Å². The second-order valence-electron chi connectivity index (χ2n) is 24.8. The molecule has 67 heavy (non-hydrogen) atoms. The van der Waals surface area contributed by atoms with Crippen LogP contribution in [0.2, 0.25) is 0 Å². The Hall–Kier alpha value is -4.24. The molecule has 3 nitrogen and oxygen atoms in total. The molecule has 0 aromatic carbocycles. The van der Waals surface area contributed by atoms with Crippen LogP contribution in [0.15, 0.2) is 165 Å². The van der Waals surface area contributed by atoms with Gasteiger partial charge in [0.05, 0.1) is 12.1 Å². The first kappa shape index (κ1) is 46.5. The van der Waals surface area contributed by atoms with Crippen LogP contribution in [-0.4, -0.2) is 28.0 Å². The van der Waals surface area contributed by atoms with Gasteiger partial charge in [0.15, 0.2) is 0 Å². The second kappa shape index (κ2) is 18.6. The van der Waals surface area contributed by atoms with Crippen molar-refractivity contribution in [2.24, 2.45) is 52.3 Å². The third kappa shape index (κ3) is 9.33. The lowest BCUT2D eigenvalue weighted by Gasteiger charge is -2.43. The molecule has 356 valence electrons. The summed E-state index contributed by atoms with van der Waals surface area (Å²) in [6, 6.07) is 0.557. The number of hydrogen-bond acceptors (Lipinski definition) is 3. The van der Waals surface area contributed by atoms with Crippen molar-refractivity contribution in [2.75, 3.05) is 0 Å². The van der Waals surface area contributed by atoms with Crippen molar-refractivity contribution in [1.82, 2.24) is 9.80 Å². The fourth-order valence-corrected chi connectivity index (χ4v) is 14.1. The van der Waals surface area contributed by atoms with Crippen molar-refractivity contribution < 1.29 is 4.74 Å². The molecule has 10 aliphatic rings. The third-order valence-corrected chi connectivity index (χ3v) is 18.2. The Labute approximate surface area is 407 Å².